The quantitative estimate of drug-likeness (QED) is 0.431. The van der Waals surface area contributed by atoms with Gasteiger partial charge in [-0.25, -0.2) is 9.59 Å². The fourth-order valence-electron chi connectivity index (χ4n) is 2.67. The molecule has 1 heterocycles. The summed E-state index contributed by atoms with van der Waals surface area (Å²) in [6.45, 7) is 2.34. The minimum absolute atomic E-state index is 0.128. The number of amides is 3. The van der Waals surface area contributed by atoms with E-state index in [1.54, 1.807) is 24.3 Å². The second-order valence-electron chi connectivity index (χ2n) is 6.02. The van der Waals surface area contributed by atoms with Crippen molar-refractivity contribution in [1.29, 1.82) is 0 Å². The van der Waals surface area contributed by atoms with E-state index in [0.29, 0.717) is 33.7 Å². The van der Waals surface area contributed by atoms with Crippen molar-refractivity contribution in [2.45, 2.75) is 13.5 Å². The number of carboxylic acids is 1. The summed E-state index contributed by atoms with van der Waals surface area (Å²) in [5.74, 6) is -0.645. The summed E-state index contributed by atoms with van der Waals surface area (Å²) < 4.78 is 12.1. The molecule has 0 saturated carbocycles. The molecule has 0 unspecified atom stereocenters. The van der Waals surface area contributed by atoms with Crippen LogP contribution in [-0.2, 0) is 11.4 Å². The number of nitrogens with one attached hydrogen (secondary N) is 2. The lowest BCUT2D eigenvalue weighted by Gasteiger charge is -2.15. The zero-order chi connectivity index (χ0) is 21.0. The Hall–Kier alpha value is -3.33. The van der Waals surface area contributed by atoms with Crippen LogP contribution in [0.1, 0.15) is 28.4 Å². The number of hydrogen-bond donors (Lipinski definition) is 3. The van der Waals surface area contributed by atoms with Gasteiger partial charge < -0.3 is 19.9 Å². The zero-order valence-electron chi connectivity index (χ0n) is 15.3. The molecule has 1 aliphatic heterocycles. The topological polar surface area (TPSA) is 114 Å². The average molecular weight is 461 g/mol. The van der Waals surface area contributed by atoms with Crippen molar-refractivity contribution >= 4 is 39.9 Å². The standard InChI is InChI=1S/C20H17BrN2O6/c1-2-28-16-9-12(8-15-18(24)23-20(27)22-15)7-14(21)17(16)29-10-11-4-3-5-13(6-11)19(25)26/h3-9H,2,10H2,1H3,(H,25,26)(H2,22,23,24,27). The fraction of sp³-hybridized carbons (Fsp3) is 0.150. The zero-order valence-corrected chi connectivity index (χ0v) is 16.9. The smallest absolute Gasteiger partial charge is 0.335 e. The number of aromatic carboxylic acids is 1. The molecule has 3 amide bonds. The first-order chi connectivity index (χ1) is 13.9. The number of benzene rings is 2. The van der Waals surface area contributed by atoms with Gasteiger partial charge in [-0.15, -0.1) is 0 Å². The van der Waals surface area contributed by atoms with Crippen LogP contribution >= 0.6 is 15.9 Å². The van der Waals surface area contributed by atoms with Crippen molar-refractivity contribution in [2.24, 2.45) is 0 Å². The Morgan fingerprint density at radius 1 is 1.17 bits per heavy atom. The number of imide groups is 1. The molecule has 150 valence electrons. The molecule has 3 N–H and O–H groups in total. The molecule has 9 heteroatoms. The Morgan fingerprint density at radius 3 is 2.62 bits per heavy atom. The maximum Gasteiger partial charge on any atom is 0.335 e. The highest BCUT2D eigenvalue weighted by atomic mass is 79.9. The third-order valence-corrected chi connectivity index (χ3v) is 4.51. The first-order valence-electron chi connectivity index (χ1n) is 8.62. The summed E-state index contributed by atoms with van der Waals surface area (Å²) in [6, 6.07) is 9.29. The molecule has 0 spiro atoms. The maximum absolute atomic E-state index is 11.7. The molecule has 8 nitrogen and oxygen atoms in total. The number of carbonyl (C=O) groups excluding carboxylic acids is 2. The average Bonchev–Trinajstić information content (AvgIpc) is 2.98. The monoisotopic (exact) mass is 460 g/mol. The first-order valence-corrected chi connectivity index (χ1v) is 9.42. The molecule has 0 radical (unpaired) electrons. The van der Waals surface area contributed by atoms with E-state index in [9.17, 15) is 14.4 Å². The summed E-state index contributed by atoms with van der Waals surface area (Å²) in [5.41, 5.74) is 1.61. The van der Waals surface area contributed by atoms with E-state index >= 15 is 0 Å². The summed E-state index contributed by atoms with van der Waals surface area (Å²) in [5, 5.41) is 13.7. The summed E-state index contributed by atoms with van der Waals surface area (Å²) in [6.07, 6.45) is 1.52. The van der Waals surface area contributed by atoms with Gasteiger partial charge in [-0.2, -0.15) is 0 Å². The number of ether oxygens (including phenoxy) is 2. The van der Waals surface area contributed by atoms with Gasteiger partial charge in [-0.3, -0.25) is 10.1 Å². The van der Waals surface area contributed by atoms with Crippen LogP contribution in [0.25, 0.3) is 6.08 Å². The molecule has 1 aliphatic rings. The Balaban J connectivity index is 1.86. The lowest BCUT2D eigenvalue weighted by Crippen LogP contribution is -2.22. The molecule has 1 saturated heterocycles. The molecule has 1 fully saturated rings. The number of hydrogen-bond acceptors (Lipinski definition) is 5. The highest BCUT2D eigenvalue weighted by molar-refractivity contribution is 9.10. The molecule has 0 aromatic heterocycles. The molecule has 29 heavy (non-hydrogen) atoms. The normalized spacial score (nSPS) is 14.5. The fourth-order valence-corrected chi connectivity index (χ4v) is 3.25. The summed E-state index contributed by atoms with van der Waals surface area (Å²) >= 11 is 3.44. The highest BCUT2D eigenvalue weighted by Gasteiger charge is 2.23. The largest absolute Gasteiger partial charge is 0.490 e. The van der Waals surface area contributed by atoms with Crippen molar-refractivity contribution in [3.63, 3.8) is 0 Å². The first kappa shape index (κ1) is 20.4. The van der Waals surface area contributed by atoms with Crippen molar-refractivity contribution in [2.75, 3.05) is 6.61 Å². The summed E-state index contributed by atoms with van der Waals surface area (Å²) in [4.78, 5) is 34.1. The van der Waals surface area contributed by atoms with Gasteiger partial charge in [-0.1, -0.05) is 12.1 Å². The van der Waals surface area contributed by atoms with Crippen LogP contribution in [0.2, 0.25) is 0 Å². The van der Waals surface area contributed by atoms with Gasteiger partial charge in [0.2, 0.25) is 0 Å². The minimum atomic E-state index is -1.01. The Bertz CT molecular complexity index is 1020. The van der Waals surface area contributed by atoms with Crippen molar-refractivity contribution in [3.8, 4) is 11.5 Å². The van der Waals surface area contributed by atoms with Gasteiger partial charge >= 0.3 is 12.0 Å². The summed E-state index contributed by atoms with van der Waals surface area (Å²) in [7, 11) is 0. The van der Waals surface area contributed by atoms with Crippen molar-refractivity contribution < 1.29 is 29.0 Å². The van der Waals surface area contributed by atoms with Gasteiger partial charge in [0.15, 0.2) is 11.5 Å². The highest BCUT2D eigenvalue weighted by Crippen LogP contribution is 2.38. The van der Waals surface area contributed by atoms with Crippen LogP contribution in [0.4, 0.5) is 4.79 Å². The van der Waals surface area contributed by atoms with E-state index in [2.05, 4.69) is 26.6 Å². The van der Waals surface area contributed by atoms with E-state index < -0.39 is 17.9 Å². The molecule has 0 atom stereocenters. The van der Waals surface area contributed by atoms with E-state index in [0.717, 1.165) is 0 Å². The SMILES string of the molecule is CCOc1cc(C=C2NC(=O)NC2=O)cc(Br)c1OCc1cccc(C(=O)O)c1. The number of carbonyl (C=O) groups is 3. The van der Waals surface area contributed by atoms with Crippen LogP contribution in [-0.4, -0.2) is 29.6 Å². The van der Waals surface area contributed by atoms with Crippen LogP contribution in [0.15, 0.2) is 46.6 Å². The Morgan fingerprint density at radius 2 is 1.97 bits per heavy atom. The predicted octanol–water partition coefficient (Wildman–Crippen LogP) is 3.31. The lowest BCUT2D eigenvalue weighted by molar-refractivity contribution is -0.115. The molecular weight excluding hydrogens is 444 g/mol. The van der Waals surface area contributed by atoms with E-state index in [1.807, 2.05) is 6.92 Å². The van der Waals surface area contributed by atoms with Crippen LogP contribution in [0, 0.1) is 0 Å². The second kappa shape index (κ2) is 8.78. The Kier molecular flexibility index (Phi) is 6.18. The predicted molar refractivity (Wildman–Crippen MR) is 108 cm³/mol. The molecule has 2 aromatic rings. The van der Waals surface area contributed by atoms with Crippen LogP contribution in [0.3, 0.4) is 0 Å². The van der Waals surface area contributed by atoms with E-state index in [1.165, 1.54) is 18.2 Å². The van der Waals surface area contributed by atoms with Gasteiger partial charge in [0.05, 0.1) is 16.6 Å². The second-order valence-corrected chi connectivity index (χ2v) is 6.88. The molecule has 2 aromatic carbocycles. The molecular formula is C20H17BrN2O6. The number of urea groups is 1. The molecule has 3 rings (SSSR count). The lowest BCUT2D eigenvalue weighted by atomic mass is 10.1. The van der Waals surface area contributed by atoms with E-state index in [-0.39, 0.29) is 17.9 Å². The molecule has 0 aliphatic carbocycles. The van der Waals surface area contributed by atoms with Crippen molar-refractivity contribution in [1.82, 2.24) is 10.6 Å². The van der Waals surface area contributed by atoms with Crippen LogP contribution in [0.5, 0.6) is 11.5 Å². The van der Waals surface area contributed by atoms with Gasteiger partial charge in [0, 0.05) is 0 Å². The minimum Gasteiger partial charge on any atom is -0.490 e. The van der Waals surface area contributed by atoms with Crippen molar-refractivity contribution in [3.05, 3.63) is 63.3 Å². The maximum atomic E-state index is 11.7. The number of carboxylic acid groups (broad SMARTS) is 1. The van der Waals surface area contributed by atoms with Gasteiger partial charge in [0.1, 0.15) is 12.3 Å². The number of rotatable bonds is 7. The third-order valence-electron chi connectivity index (χ3n) is 3.92. The third kappa shape index (κ3) is 4.94. The van der Waals surface area contributed by atoms with Crippen LogP contribution < -0.4 is 20.1 Å². The van der Waals surface area contributed by atoms with E-state index in [4.69, 9.17) is 14.6 Å². The molecule has 0 bridgehead atoms. The van der Waals surface area contributed by atoms with Gasteiger partial charge in [-0.05, 0) is 64.3 Å². The Labute approximate surface area is 174 Å². The van der Waals surface area contributed by atoms with Gasteiger partial charge in [0.25, 0.3) is 5.91 Å². The number of halogens is 1.